The fourth-order valence-corrected chi connectivity index (χ4v) is 2.46. The van der Waals surface area contributed by atoms with Crippen molar-refractivity contribution in [2.75, 3.05) is 5.73 Å². The van der Waals surface area contributed by atoms with Gasteiger partial charge in [0, 0.05) is 23.1 Å². The third kappa shape index (κ3) is 3.04. The quantitative estimate of drug-likeness (QED) is 0.578. The van der Waals surface area contributed by atoms with E-state index in [-0.39, 0.29) is 5.69 Å². The highest BCUT2D eigenvalue weighted by Gasteiger charge is 2.06. The van der Waals surface area contributed by atoms with Gasteiger partial charge in [0.25, 0.3) is 5.69 Å². The van der Waals surface area contributed by atoms with Crippen molar-refractivity contribution in [3.8, 4) is 22.8 Å². The summed E-state index contributed by atoms with van der Waals surface area (Å²) in [5, 5.41) is 13.0. The first kappa shape index (κ1) is 14.0. The largest absolute Gasteiger partial charge is 0.457 e. The number of nitro groups is 1. The van der Waals surface area contributed by atoms with Crippen molar-refractivity contribution in [3.05, 3.63) is 64.0 Å². The van der Waals surface area contributed by atoms with E-state index >= 15 is 0 Å². The van der Waals surface area contributed by atoms with Crippen LogP contribution in [0.5, 0.6) is 11.5 Å². The summed E-state index contributed by atoms with van der Waals surface area (Å²) in [5.41, 5.74) is 7.42. The summed E-state index contributed by atoms with van der Waals surface area (Å²) in [7, 11) is 0. The summed E-state index contributed by atoms with van der Waals surface area (Å²) >= 11 is 1.39. The van der Waals surface area contributed by atoms with Gasteiger partial charge in [-0.15, -0.1) is 11.3 Å². The average Bonchev–Trinajstić information content (AvgIpc) is 2.95. The summed E-state index contributed by atoms with van der Waals surface area (Å²) < 4.78 is 5.64. The number of nitrogen functional groups attached to an aromatic ring is 1. The van der Waals surface area contributed by atoms with Gasteiger partial charge >= 0.3 is 0 Å². The summed E-state index contributed by atoms with van der Waals surface area (Å²) in [6, 6.07) is 13.3. The Balaban J connectivity index is 1.74. The first-order chi connectivity index (χ1) is 10.6. The molecule has 22 heavy (non-hydrogen) atoms. The van der Waals surface area contributed by atoms with Crippen molar-refractivity contribution in [3.63, 3.8) is 0 Å². The minimum atomic E-state index is -0.446. The smallest absolute Gasteiger partial charge is 0.269 e. The van der Waals surface area contributed by atoms with Crippen LogP contribution in [0.4, 0.5) is 10.8 Å². The number of nitro benzene ring substituents is 1. The normalized spacial score (nSPS) is 10.4. The Morgan fingerprint density at radius 3 is 2.14 bits per heavy atom. The SMILES string of the molecule is Nc1nc(-c2ccc(Oc3ccc([N+](=O)[O-])cc3)cc2)cs1. The van der Waals surface area contributed by atoms with Crippen LogP contribution in [0.15, 0.2) is 53.9 Å². The summed E-state index contributed by atoms with van der Waals surface area (Å²) in [6.45, 7) is 0. The summed E-state index contributed by atoms with van der Waals surface area (Å²) in [5.74, 6) is 1.18. The number of benzene rings is 2. The summed E-state index contributed by atoms with van der Waals surface area (Å²) in [6.07, 6.45) is 0. The fourth-order valence-electron chi connectivity index (χ4n) is 1.89. The van der Waals surface area contributed by atoms with Crippen LogP contribution in [0.3, 0.4) is 0 Å². The number of rotatable bonds is 4. The van der Waals surface area contributed by atoms with Crippen molar-refractivity contribution in [1.29, 1.82) is 0 Å². The van der Waals surface area contributed by atoms with Crippen molar-refractivity contribution < 1.29 is 9.66 Å². The molecular formula is C15H11N3O3S. The third-order valence-electron chi connectivity index (χ3n) is 2.96. The highest BCUT2D eigenvalue weighted by Crippen LogP contribution is 2.28. The van der Waals surface area contributed by atoms with Crippen LogP contribution in [0, 0.1) is 10.1 Å². The highest BCUT2D eigenvalue weighted by molar-refractivity contribution is 7.13. The molecule has 2 N–H and O–H groups in total. The van der Waals surface area contributed by atoms with Gasteiger partial charge in [-0.05, 0) is 36.4 Å². The van der Waals surface area contributed by atoms with Gasteiger partial charge in [0.1, 0.15) is 11.5 Å². The molecule has 0 aliphatic rings. The number of hydrogen-bond donors (Lipinski definition) is 1. The molecule has 0 saturated heterocycles. The van der Waals surface area contributed by atoms with E-state index in [0.717, 1.165) is 11.3 Å². The third-order valence-corrected chi connectivity index (χ3v) is 3.63. The van der Waals surface area contributed by atoms with Gasteiger partial charge in [-0.2, -0.15) is 0 Å². The molecule has 7 heteroatoms. The van der Waals surface area contributed by atoms with Crippen LogP contribution in [0.2, 0.25) is 0 Å². The molecule has 0 unspecified atom stereocenters. The molecule has 2 aromatic carbocycles. The van der Waals surface area contributed by atoms with Crippen LogP contribution in [-0.4, -0.2) is 9.91 Å². The zero-order valence-corrected chi connectivity index (χ0v) is 12.1. The maximum Gasteiger partial charge on any atom is 0.269 e. The number of ether oxygens (including phenoxy) is 1. The standard InChI is InChI=1S/C15H11N3O3S/c16-15-17-14(9-22-15)10-1-5-12(6-2-10)21-13-7-3-11(4-8-13)18(19)20/h1-9H,(H2,16,17). The molecule has 0 radical (unpaired) electrons. The maximum atomic E-state index is 10.6. The fraction of sp³-hybridized carbons (Fsp3) is 0. The molecule has 6 nitrogen and oxygen atoms in total. The van der Waals surface area contributed by atoms with E-state index < -0.39 is 4.92 Å². The zero-order chi connectivity index (χ0) is 15.5. The number of non-ortho nitro benzene ring substituents is 1. The number of nitrogens with two attached hydrogens (primary N) is 1. The Morgan fingerprint density at radius 2 is 1.64 bits per heavy atom. The lowest BCUT2D eigenvalue weighted by Gasteiger charge is -2.06. The molecule has 1 heterocycles. The van der Waals surface area contributed by atoms with Gasteiger partial charge in [-0.25, -0.2) is 4.98 Å². The Hall–Kier alpha value is -2.93. The first-order valence-electron chi connectivity index (χ1n) is 6.35. The van der Waals surface area contributed by atoms with E-state index in [1.165, 1.54) is 23.5 Å². The lowest BCUT2D eigenvalue weighted by Crippen LogP contribution is -1.88. The van der Waals surface area contributed by atoms with Gasteiger partial charge < -0.3 is 10.5 Å². The van der Waals surface area contributed by atoms with Crippen molar-refractivity contribution in [2.45, 2.75) is 0 Å². The molecule has 0 aliphatic carbocycles. The molecule has 0 bridgehead atoms. The zero-order valence-electron chi connectivity index (χ0n) is 11.3. The lowest BCUT2D eigenvalue weighted by molar-refractivity contribution is -0.384. The van der Waals surface area contributed by atoms with Gasteiger partial charge in [0.05, 0.1) is 10.6 Å². The average molecular weight is 313 g/mol. The number of thiazole rings is 1. The second kappa shape index (κ2) is 5.82. The topological polar surface area (TPSA) is 91.3 Å². The predicted molar refractivity (Wildman–Crippen MR) is 85.1 cm³/mol. The van der Waals surface area contributed by atoms with E-state index in [0.29, 0.717) is 16.6 Å². The second-order valence-corrected chi connectivity index (χ2v) is 5.34. The highest BCUT2D eigenvalue weighted by atomic mass is 32.1. The predicted octanol–water partition coefficient (Wildman–Crippen LogP) is 4.09. The van der Waals surface area contributed by atoms with E-state index in [1.807, 2.05) is 29.6 Å². The Kier molecular flexibility index (Phi) is 3.71. The number of anilines is 1. The van der Waals surface area contributed by atoms with E-state index in [2.05, 4.69) is 4.98 Å². The molecule has 1 aromatic heterocycles. The maximum absolute atomic E-state index is 10.6. The monoisotopic (exact) mass is 313 g/mol. The molecule has 0 atom stereocenters. The summed E-state index contributed by atoms with van der Waals surface area (Å²) in [4.78, 5) is 14.4. The van der Waals surface area contributed by atoms with E-state index in [1.54, 1.807) is 12.1 Å². The van der Waals surface area contributed by atoms with E-state index in [9.17, 15) is 10.1 Å². The van der Waals surface area contributed by atoms with Crippen LogP contribution < -0.4 is 10.5 Å². The van der Waals surface area contributed by atoms with E-state index in [4.69, 9.17) is 10.5 Å². The second-order valence-electron chi connectivity index (χ2n) is 4.45. The number of hydrogen-bond acceptors (Lipinski definition) is 6. The Labute approximate surface area is 130 Å². The number of aromatic nitrogens is 1. The Morgan fingerprint density at radius 1 is 1.05 bits per heavy atom. The molecule has 110 valence electrons. The van der Waals surface area contributed by atoms with Gasteiger partial charge in [0.2, 0.25) is 0 Å². The lowest BCUT2D eigenvalue weighted by atomic mass is 10.2. The van der Waals surface area contributed by atoms with Gasteiger partial charge in [-0.3, -0.25) is 10.1 Å². The molecular weight excluding hydrogens is 302 g/mol. The van der Waals surface area contributed by atoms with Crippen molar-refractivity contribution in [1.82, 2.24) is 4.98 Å². The van der Waals surface area contributed by atoms with Crippen molar-refractivity contribution in [2.24, 2.45) is 0 Å². The first-order valence-corrected chi connectivity index (χ1v) is 7.23. The number of nitrogens with zero attached hydrogens (tertiary/aromatic N) is 2. The minimum Gasteiger partial charge on any atom is -0.457 e. The van der Waals surface area contributed by atoms with Crippen LogP contribution >= 0.6 is 11.3 Å². The minimum absolute atomic E-state index is 0.0313. The molecule has 0 spiro atoms. The molecule has 0 aliphatic heterocycles. The molecule has 3 aromatic rings. The molecule has 0 amide bonds. The van der Waals surface area contributed by atoms with Crippen LogP contribution in [0.25, 0.3) is 11.3 Å². The van der Waals surface area contributed by atoms with Crippen molar-refractivity contribution >= 4 is 22.2 Å². The van der Waals surface area contributed by atoms with Gasteiger partial charge in [0.15, 0.2) is 5.13 Å². The Bertz CT molecular complexity index is 798. The molecule has 3 rings (SSSR count). The molecule has 0 fully saturated rings. The van der Waals surface area contributed by atoms with Crippen LogP contribution in [-0.2, 0) is 0 Å². The van der Waals surface area contributed by atoms with Crippen LogP contribution in [0.1, 0.15) is 0 Å². The molecule has 0 saturated carbocycles. The van der Waals surface area contributed by atoms with Gasteiger partial charge in [-0.1, -0.05) is 0 Å².